The molecule has 1 aromatic heterocycles. The number of hydrogen-bond acceptors (Lipinski definition) is 4. The van der Waals surface area contributed by atoms with Crippen molar-refractivity contribution in [3.8, 4) is 0 Å². The predicted octanol–water partition coefficient (Wildman–Crippen LogP) is 1.02. The van der Waals surface area contributed by atoms with Crippen molar-refractivity contribution < 1.29 is 12.8 Å². The van der Waals surface area contributed by atoms with Gasteiger partial charge in [0.1, 0.15) is 5.82 Å². The van der Waals surface area contributed by atoms with Gasteiger partial charge in [-0.3, -0.25) is 4.79 Å². The second-order valence-corrected chi connectivity index (χ2v) is 7.19. The van der Waals surface area contributed by atoms with Crippen LogP contribution in [-0.4, -0.2) is 43.9 Å². The molecule has 1 saturated heterocycles. The Bertz CT molecular complexity index is 821. The van der Waals surface area contributed by atoms with E-state index in [4.69, 9.17) is 0 Å². The largest absolute Gasteiger partial charge is 0.369 e. The molecule has 0 spiro atoms. The van der Waals surface area contributed by atoms with Crippen molar-refractivity contribution in [3.05, 3.63) is 58.8 Å². The predicted molar refractivity (Wildman–Crippen MR) is 84.4 cm³/mol. The van der Waals surface area contributed by atoms with E-state index in [1.165, 1.54) is 34.8 Å². The zero-order valence-electron chi connectivity index (χ0n) is 12.3. The molecule has 1 fully saturated rings. The molecule has 1 aliphatic rings. The smallest absolute Gasteiger partial charge is 0.247 e. The molecule has 8 heteroatoms. The molecule has 1 N–H and O–H groups in total. The molecule has 1 aliphatic heterocycles. The number of H-pyrrole nitrogens is 1. The molecule has 0 unspecified atom stereocenters. The first-order valence-corrected chi connectivity index (χ1v) is 8.60. The number of aromatic nitrogens is 1. The minimum absolute atomic E-state index is 0.0762. The first kappa shape index (κ1) is 15.7. The van der Waals surface area contributed by atoms with Crippen molar-refractivity contribution in [1.82, 2.24) is 9.29 Å². The van der Waals surface area contributed by atoms with Crippen molar-refractivity contribution in [1.29, 1.82) is 0 Å². The highest BCUT2D eigenvalue weighted by Crippen LogP contribution is 2.20. The zero-order chi connectivity index (χ0) is 16.4. The fourth-order valence-electron chi connectivity index (χ4n) is 2.54. The highest BCUT2D eigenvalue weighted by atomic mass is 32.2. The Morgan fingerprint density at radius 1 is 0.957 bits per heavy atom. The minimum atomic E-state index is -3.61. The van der Waals surface area contributed by atoms with Gasteiger partial charge < -0.3 is 9.88 Å². The molecule has 1 aromatic carbocycles. The lowest BCUT2D eigenvalue weighted by Crippen LogP contribution is -2.48. The van der Waals surface area contributed by atoms with E-state index in [1.54, 1.807) is 12.1 Å². The Labute approximate surface area is 133 Å². The minimum Gasteiger partial charge on any atom is -0.369 e. The van der Waals surface area contributed by atoms with Crippen LogP contribution < -0.4 is 10.5 Å². The lowest BCUT2D eigenvalue weighted by molar-refractivity contribution is 0.384. The van der Waals surface area contributed by atoms with Crippen molar-refractivity contribution in [2.24, 2.45) is 0 Å². The van der Waals surface area contributed by atoms with Gasteiger partial charge in [-0.25, -0.2) is 12.8 Å². The maximum atomic E-state index is 13.0. The summed E-state index contributed by atoms with van der Waals surface area (Å²) >= 11 is 0. The standard InChI is InChI=1S/C15H16FN3O3S/c16-12-1-3-13(4-2-12)18-7-9-19(10-8-18)23(21,22)14-5-6-15(20)17-11-14/h1-6,11H,7-10H2,(H,17,20). The molecule has 0 atom stereocenters. The Morgan fingerprint density at radius 3 is 2.17 bits per heavy atom. The number of benzene rings is 1. The molecule has 0 radical (unpaired) electrons. The van der Waals surface area contributed by atoms with Crippen molar-refractivity contribution in [3.63, 3.8) is 0 Å². The van der Waals surface area contributed by atoms with Crippen LogP contribution >= 0.6 is 0 Å². The molecule has 2 aromatic rings. The number of aromatic amines is 1. The molecule has 0 amide bonds. The van der Waals surface area contributed by atoms with Crippen molar-refractivity contribution >= 4 is 15.7 Å². The lowest BCUT2D eigenvalue weighted by Gasteiger charge is -2.35. The summed E-state index contributed by atoms with van der Waals surface area (Å²) in [6, 6.07) is 8.64. The van der Waals surface area contributed by atoms with Gasteiger partial charge in [-0.2, -0.15) is 4.31 Å². The first-order chi connectivity index (χ1) is 11.0. The molecule has 122 valence electrons. The van der Waals surface area contributed by atoms with Crippen LogP contribution in [0.25, 0.3) is 0 Å². The second-order valence-electron chi connectivity index (χ2n) is 5.26. The number of rotatable bonds is 3. The van der Waals surface area contributed by atoms with E-state index < -0.39 is 10.0 Å². The van der Waals surface area contributed by atoms with Crippen molar-refractivity contribution in [2.75, 3.05) is 31.1 Å². The number of pyridine rings is 1. The molecule has 23 heavy (non-hydrogen) atoms. The van der Waals surface area contributed by atoms with Crippen LogP contribution in [0, 0.1) is 5.82 Å². The third-order valence-electron chi connectivity index (χ3n) is 3.82. The van der Waals surface area contributed by atoms with Gasteiger partial charge >= 0.3 is 0 Å². The van der Waals surface area contributed by atoms with E-state index >= 15 is 0 Å². The van der Waals surface area contributed by atoms with Gasteiger partial charge in [0.15, 0.2) is 0 Å². The highest BCUT2D eigenvalue weighted by molar-refractivity contribution is 7.89. The average Bonchev–Trinajstić information content (AvgIpc) is 2.56. The fourth-order valence-corrected chi connectivity index (χ4v) is 3.93. The molecule has 2 heterocycles. The van der Waals surface area contributed by atoms with Crippen LogP contribution in [0.3, 0.4) is 0 Å². The fraction of sp³-hybridized carbons (Fsp3) is 0.267. The third kappa shape index (κ3) is 3.27. The van der Waals surface area contributed by atoms with E-state index in [2.05, 4.69) is 4.98 Å². The van der Waals surface area contributed by atoms with Gasteiger partial charge in [0.05, 0.1) is 4.90 Å². The molecule has 6 nitrogen and oxygen atoms in total. The van der Waals surface area contributed by atoms with E-state index in [9.17, 15) is 17.6 Å². The van der Waals surface area contributed by atoms with E-state index in [1.807, 2.05) is 4.90 Å². The van der Waals surface area contributed by atoms with Gasteiger partial charge in [-0.15, -0.1) is 0 Å². The van der Waals surface area contributed by atoms with Crippen LogP contribution in [0.5, 0.6) is 0 Å². The molecular formula is C15H16FN3O3S. The maximum absolute atomic E-state index is 13.0. The molecule has 3 rings (SSSR count). The molecule has 0 bridgehead atoms. The Kier molecular flexibility index (Phi) is 4.18. The Morgan fingerprint density at radius 2 is 1.61 bits per heavy atom. The van der Waals surface area contributed by atoms with Gasteiger partial charge in [-0.1, -0.05) is 0 Å². The molecule has 0 saturated carbocycles. The van der Waals surface area contributed by atoms with Gasteiger partial charge in [0.25, 0.3) is 0 Å². The van der Waals surface area contributed by atoms with E-state index in [-0.39, 0.29) is 16.3 Å². The average molecular weight is 337 g/mol. The van der Waals surface area contributed by atoms with Gasteiger partial charge in [0, 0.05) is 44.1 Å². The molecular weight excluding hydrogens is 321 g/mol. The number of sulfonamides is 1. The van der Waals surface area contributed by atoms with Crippen LogP contribution in [-0.2, 0) is 10.0 Å². The normalized spacial score (nSPS) is 16.5. The van der Waals surface area contributed by atoms with E-state index in [0.29, 0.717) is 26.2 Å². The summed E-state index contributed by atoms with van der Waals surface area (Å²) in [6.07, 6.45) is 1.21. The summed E-state index contributed by atoms with van der Waals surface area (Å²) in [4.78, 5) is 15.5. The summed E-state index contributed by atoms with van der Waals surface area (Å²) < 4.78 is 39.4. The first-order valence-electron chi connectivity index (χ1n) is 7.16. The van der Waals surface area contributed by atoms with Crippen molar-refractivity contribution in [2.45, 2.75) is 4.90 Å². The van der Waals surface area contributed by atoms with Crippen LogP contribution in [0.1, 0.15) is 0 Å². The summed E-state index contributed by atoms with van der Waals surface area (Å²) in [5.74, 6) is -0.298. The highest BCUT2D eigenvalue weighted by Gasteiger charge is 2.28. The molecule has 0 aliphatic carbocycles. The Hall–Kier alpha value is -2.19. The van der Waals surface area contributed by atoms with Crippen LogP contribution in [0.15, 0.2) is 52.3 Å². The monoisotopic (exact) mass is 337 g/mol. The lowest BCUT2D eigenvalue weighted by atomic mass is 10.2. The zero-order valence-corrected chi connectivity index (χ0v) is 13.1. The summed E-state index contributed by atoms with van der Waals surface area (Å²) in [5, 5.41) is 0. The third-order valence-corrected chi connectivity index (χ3v) is 5.72. The van der Waals surface area contributed by atoms with Crippen LogP contribution in [0.2, 0.25) is 0 Å². The van der Waals surface area contributed by atoms with E-state index in [0.717, 1.165) is 5.69 Å². The number of nitrogens with zero attached hydrogens (tertiary/aromatic N) is 2. The van der Waals surface area contributed by atoms with Gasteiger partial charge in [-0.05, 0) is 30.3 Å². The number of halogens is 1. The Balaban J connectivity index is 1.72. The number of nitrogens with one attached hydrogen (secondary N) is 1. The summed E-state index contributed by atoms with van der Waals surface area (Å²) in [5.41, 5.74) is 0.526. The summed E-state index contributed by atoms with van der Waals surface area (Å²) in [6.45, 7) is 1.71. The number of hydrogen-bond donors (Lipinski definition) is 1. The van der Waals surface area contributed by atoms with Crippen LogP contribution in [0.4, 0.5) is 10.1 Å². The topological polar surface area (TPSA) is 73.5 Å². The SMILES string of the molecule is O=c1ccc(S(=O)(=O)N2CCN(c3ccc(F)cc3)CC2)c[nH]1. The quantitative estimate of drug-likeness (QED) is 0.908. The number of anilines is 1. The second kappa shape index (κ2) is 6.13. The maximum Gasteiger partial charge on any atom is 0.247 e. The van der Waals surface area contributed by atoms with Gasteiger partial charge in [0.2, 0.25) is 15.6 Å². The summed E-state index contributed by atoms with van der Waals surface area (Å²) in [7, 11) is -3.61. The number of piperazine rings is 1.